The summed E-state index contributed by atoms with van der Waals surface area (Å²) in [5.41, 5.74) is 1.19. The van der Waals surface area contributed by atoms with Gasteiger partial charge in [-0.3, -0.25) is 0 Å². The first-order chi connectivity index (χ1) is 9.81. The fourth-order valence-electron chi connectivity index (χ4n) is 3.63. The molecular weight excluding hydrogens is 274 g/mol. The number of nitrogens with zero attached hydrogens (tertiary/aromatic N) is 3. The lowest BCUT2D eigenvalue weighted by molar-refractivity contribution is -0.115. The summed E-state index contributed by atoms with van der Waals surface area (Å²) in [7, 11) is 0. The first-order valence-electron chi connectivity index (χ1n) is 7.92. The average Bonchev–Trinajstić information content (AvgIpc) is 2.95. The normalized spacial score (nSPS) is 25.9. The van der Waals surface area contributed by atoms with Crippen molar-refractivity contribution in [3.8, 4) is 0 Å². The minimum Gasteiger partial charge on any atom is -0.375 e. The van der Waals surface area contributed by atoms with E-state index in [1.54, 1.807) is 0 Å². The molecule has 2 aliphatic rings. The fraction of sp³-hybridized carbons (Fsp3) is 0.867. The Morgan fingerprint density at radius 2 is 2.20 bits per heavy atom. The van der Waals surface area contributed by atoms with Crippen molar-refractivity contribution in [1.29, 1.82) is 0 Å². The predicted molar refractivity (Wildman–Crippen MR) is 79.1 cm³/mol. The van der Waals surface area contributed by atoms with Gasteiger partial charge in [-0.2, -0.15) is 0 Å². The van der Waals surface area contributed by atoms with Crippen LogP contribution in [0.15, 0.2) is 6.20 Å². The number of hydrogen-bond acceptors (Lipinski definition) is 3. The molecule has 1 saturated carbocycles. The standard InChI is InChI=1S/C15H24ClN3O/c16-9-4-5-13-12-19(18-17-13)14-6-10-20-15(11-14)7-2-1-3-8-15/h12,14H,1-11H2. The molecule has 0 bridgehead atoms. The lowest BCUT2D eigenvalue weighted by Crippen LogP contribution is -2.42. The van der Waals surface area contributed by atoms with Crippen LogP contribution in [-0.4, -0.2) is 33.1 Å². The van der Waals surface area contributed by atoms with E-state index in [4.69, 9.17) is 16.3 Å². The molecule has 1 aliphatic heterocycles. The van der Waals surface area contributed by atoms with Crippen LogP contribution in [0, 0.1) is 0 Å². The van der Waals surface area contributed by atoms with Crippen LogP contribution in [0.4, 0.5) is 0 Å². The summed E-state index contributed by atoms with van der Waals surface area (Å²) in [6, 6.07) is 0.458. The highest BCUT2D eigenvalue weighted by atomic mass is 35.5. The minimum atomic E-state index is 0.128. The second-order valence-corrected chi connectivity index (χ2v) is 6.60. The third-order valence-corrected chi connectivity index (χ3v) is 5.00. The van der Waals surface area contributed by atoms with Crippen molar-refractivity contribution in [1.82, 2.24) is 15.0 Å². The monoisotopic (exact) mass is 297 g/mol. The highest BCUT2D eigenvalue weighted by Crippen LogP contribution is 2.41. The molecule has 1 saturated heterocycles. The summed E-state index contributed by atoms with van der Waals surface area (Å²) in [5.74, 6) is 0.688. The summed E-state index contributed by atoms with van der Waals surface area (Å²) in [6.45, 7) is 0.863. The minimum absolute atomic E-state index is 0.128. The van der Waals surface area contributed by atoms with Gasteiger partial charge < -0.3 is 4.74 Å². The van der Waals surface area contributed by atoms with E-state index in [2.05, 4.69) is 21.2 Å². The first-order valence-corrected chi connectivity index (χ1v) is 8.45. The van der Waals surface area contributed by atoms with E-state index < -0.39 is 0 Å². The quantitative estimate of drug-likeness (QED) is 0.799. The Labute approximate surface area is 125 Å². The Bertz CT molecular complexity index is 423. The van der Waals surface area contributed by atoms with Gasteiger partial charge in [-0.15, -0.1) is 16.7 Å². The van der Waals surface area contributed by atoms with Crippen molar-refractivity contribution >= 4 is 11.6 Å². The third kappa shape index (κ3) is 3.17. The molecule has 2 heterocycles. The molecule has 0 aromatic carbocycles. The molecule has 3 rings (SSSR count). The summed E-state index contributed by atoms with van der Waals surface area (Å²) in [4.78, 5) is 0. The fourth-order valence-corrected chi connectivity index (χ4v) is 3.76. The summed E-state index contributed by atoms with van der Waals surface area (Å²) >= 11 is 5.73. The van der Waals surface area contributed by atoms with E-state index in [1.807, 2.05) is 0 Å². The first kappa shape index (κ1) is 14.3. The van der Waals surface area contributed by atoms with Crippen molar-refractivity contribution in [3.63, 3.8) is 0 Å². The molecule has 1 aromatic heterocycles. The molecule has 1 aliphatic carbocycles. The van der Waals surface area contributed by atoms with E-state index in [-0.39, 0.29) is 5.60 Å². The number of rotatable bonds is 4. The predicted octanol–water partition coefficient (Wildman–Crippen LogP) is 3.50. The largest absolute Gasteiger partial charge is 0.375 e. The van der Waals surface area contributed by atoms with Gasteiger partial charge >= 0.3 is 0 Å². The Hall–Kier alpha value is -0.610. The average molecular weight is 298 g/mol. The molecule has 1 aromatic rings. The van der Waals surface area contributed by atoms with E-state index in [0.717, 1.165) is 38.0 Å². The van der Waals surface area contributed by atoms with Gasteiger partial charge in [0.15, 0.2) is 0 Å². The molecule has 112 valence electrons. The Balaban J connectivity index is 1.65. The van der Waals surface area contributed by atoms with Gasteiger partial charge in [0, 0.05) is 18.7 Å². The van der Waals surface area contributed by atoms with Crippen LogP contribution in [-0.2, 0) is 11.2 Å². The summed E-state index contributed by atoms with van der Waals surface area (Å²) < 4.78 is 8.22. The van der Waals surface area contributed by atoms with Gasteiger partial charge in [-0.05, 0) is 38.5 Å². The number of alkyl halides is 1. The molecule has 5 heteroatoms. The van der Waals surface area contributed by atoms with E-state index in [1.165, 1.54) is 32.1 Å². The van der Waals surface area contributed by atoms with Crippen LogP contribution in [0.5, 0.6) is 0 Å². The molecule has 1 unspecified atom stereocenters. The van der Waals surface area contributed by atoms with E-state index in [0.29, 0.717) is 11.9 Å². The third-order valence-electron chi connectivity index (χ3n) is 4.73. The van der Waals surface area contributed by atoms with Gasteiger partial charge in [0.2, 0.25) is 0 Å². The highest BCUT2D eigenvalue weighted by molar-refractivity contribution is 6.17. The number of aromatic nitrogens is 3. The second-order valence-electron chi connectivity index (χ2n) is 6.22. The van der Waals surface area contributed by atoms with Gasteiger partial charge in [0.25, 0.3) is 0 Å². The van der Waals surface area contributed by atoms with Crippen LogP contribution in [0.1, 0.15) is 63.1 Å². The van der Waals surface area contributed by atoms with Crippen LogP contribution < -0.4 is 0 Å². The molecule has 2 fully saturated rings. The maximum absolute atomic E-state index is 6.15. The lowest BCUT2D eigenvalue weighted by atomic mass is 9.78. The highest BCUT2D eigenvalue weighted by Gasteiger charge is 2.39. The number of halogens is 1. The van der Waals surface area contributed by atoms with Crippen LogP contribution in [0.3, 0.4) is 0 Å². The Kier molecular flexibility index (Phi) is 4.61. The lowest BCUT2D eigenvalue weighted by Gasteiger charge is -2.43. The topological polar surface area (TPSA) is 39.9 Å². The molecule has 1 atom stereocenters. The SMILES string of the molecule is ClCCCc1cn(C2CCOC3(CCCCC3)C2)nn1. The molecule has 0 radical (unpaired) electrons. The second kappa shape index (κ2) is 6.44. The van der Waals surface area contributed by atoms with Gasteiger partial charge in [-0.1, -0.05) is 24.5 Å². The molecule has 0 N–H and O–H groups in total. The zero-order chi connectivity index (χ0) is 13.8. The molecular formula is C15H24ClN3O. The van der Waals surface area contributed by atoms with Gasteiger partial charge in [0.05, 0.1) is 17.3 Å². The van der Waals surface area contributed by atoms with Crippen LogP contribution in [0.25, 0.3) is 0 Å². The summed E-state index contributed by atoms with van der Waals surface area (Å²) in [5, 5.41) is 8.61. The van der Waals surface area contributed by atoms with E-state index >= 15 is 0 Å². The van der Waals surface area contributed by atoms with E-state index in [9.17, 15) is 0 Å². The maximum Gasteiger partial charge on any atom is 0.0827 e. The number of aryl methyl sites for hydroxylation is 1. The number of hydrogen-bond donors (Lipinski definition) is 0. The zero-order valence-electron chi connectivity index (χ0n) is 12.1. The molecule has 4 nitrogen and oxygen atoms in total. The summed E-state index contributed by atoms with van der Waals surface area (Å²) in [6.07, 6.45) is 12.6. The van der Waals surface area contributed by atoms with Crippen molar-refractivity contribution in [2.24, 2.45) is 0 Å². The van der Waals surface area contributed by atoms with Gasteiger partial charge in [-0.25, -0.2) is 4.68 Å². The van der Waals surface area contributed by atoms with Gasteiger partial charge in [0.1, 0.15) is 0 Å². The zero-order valence-corrected chi connectivity index (χ0v) is 12.8. The van der Waals surface area contributed by atoms with Crippen molar-refractivity contribution in [2.45, 2.75) is 69.4 Å². The molecule has 20 heavy (non-hydrogen) atoms. The molecule has 0 amide bonds. The Morgan fingerprint density at radius 3 is 3.00 bits per heavy atom. The molecule has 1 spiro atoms. The number of ether oxygens (including phenoxy) is 1. The van der Waals surface area contributed by atoms with Crippen molar-refractivity contribution in [3.05, 3.63) is 11.9 Å². The smallest absolute Gasteiger partial charge is 0.0827 e. The van der Waals surface area contributed by atoms with Crippen molar-refractivity contribution < 1.29 is 4.74 Å². The maximum atomic E-state index is 6.15. The van der Waals surface area contributed by atoms with Crippen molar-refractivity contribution in [2.75, 3.05) is 12.5 Å². The van der Waals surface area contributed by atoms with Crippen LogP contribution in [0.2, 0.25) is 0 Å². The van der Waals surface area contributed by atoms with Crippen LogP contribution >= 0.6 is 11.6 Å². The Morgan fingerprint density at radius 1 is 1.35 bits per heavy atom.